The Morgan fingerprint density at radius 3 is 1.09 bits per heavy atom. The number of nitrogens with one attached hydrogen (secondary N) is 2. The lowest BCUT2D eigenvalue weighted by molar-refractivity contribution is -0.142. The molecule has 0 saturated carbocycles. The summed E-state index contributed by atoms with van der Waals surface area (Å²) in [5, 5.41) is 5.37. The Labute approximate surface area is 384 Å². The molecule has 3 aliphatic heterocycles. The minimum Gasteiger partial charge on any atom is -0.484 e. The highest BCUT2D eigenvalue weighted by molar-refractivity contribution is 5.97. The van der Waals surface area contributed by atoms with Gasteiger partial charge in [-0.1, -0.05) is 24.3 Å². The van der Waals surface area contributed by atoms with E-state index in [1.54, 1.807) is 110 Å². The SMILES string of the molecule is CC(C)(C)OC(=O)NCc1ccc(OCC(=O)N2CCN(C(=O)CN3C=CC(=O)N(CC(=O)N4CCN(C(=O)COc5ccc(CNC(=O)OC(C)(C)C)cc5)CC4)C=CC3=O)CC2)cc1. The first-order chi connectivity index (χ1) is 31.2. The number of carbonyl (C=O) groups excluding carboxylic acids is 8. The van der Waals surface area contributed by atoms with E-state index in [-0.39, 0.29) is 115 Å². The van der Waals surface area contributed by atoms with Crippen molar-refractivity contribution in [1.82, 2.24) is 40.0 Å². The first-order valence-electron chi connectivity index (χ1n) is 21.7. The van der Waals surface area contributed by atoms with E-state index in [4.69, 9.17) is 18.9 Å². The highest BCUT2D eigenvalue weighted by Crippen LogP contribution is 2.16. The molecular weight excluding hydrogens is 857 g/mol. The van der Waals surface area contributed by atoms with Gasteiger partial charge < -0.3 is 59.0 Å². The number of nitrogens with zero attached hydrogens (tertiary/aromatic N) is 6. The normalized spacial score (nSPS) is 15.7. The number of alkyl carbamates (subject to hydrolysis) is 2. The minimum absolute atomic E-state index is 0.202. The van der Waals surface area contributed by atoms with E-state index in [1.807, 2.05) is 0 Å². The van der Waals surface area contributed by atoms with E-state index in [1.165, 1.54) is 12.4 Å². The van der Waals surface area contributed by atoms with Gasteiger partial charge in [0.05, 0.1) is 0 Å². The second-order valence-electron chi connectivity index (χ2n) is 17.7. The van der Waals surface area contributed by atoms with Gasteiger partial charge in [0.2, 0.25) is 11.8 Å². The number of benzene rings is 2. The van der Waals surface area contributed by atoms with Gasteiger partial charge in [-0.15, -0.1) is 0 Å². The Morgan fingerprint density at radius 1 is 0.485 bits per heavy atom. The summed E-state index contributed by atoms with van der Waals surface area (Å²) in [5.74, 6) is -1.41. The molecule has 3 aliphatic rings. The Kier molecular flexibility index (Phi) is 17.1. The molecule has 2 N–H and O–H groups in total. The molecule has 2 aromatic rings. The predicted molar refractivity (Wildman–Crippen MR) is 238 cm³/mol. The van der Waals surface area contributed by atoms with Gasteiger partial charge in [-0.3, -0.25) is 28.8 Å². The fourth-order valence-electron chi connectivity index (χ4n) is 6.67. The molecule has 66 heavy (non-hydrogen) atoms. The van der Waals surface area contributed by atoms with Crippen molar-refractivity contribution in [3.63, 3.8) is 0 Å². The summed E-state index contributed by atoms with van der Waals surface area (Å²) in [6.07, 6.45) is 3.63. The van der Waals surface area contributed by atoms with Crippen LogP contribution in [0.2, 0.25) is 0 Å². The van der Waals surface area contributed by atoms with Crippen molar-refractivity contribution in [2.45, 2.75) is 65.8 Å². The fourth-order valence-corrected chi connectivity index (χ4v) is 6.67. The highest BCUT2D eigenvalue weighted by atomic mass is 16.6. The molecule has 0 unspecified atom stereocenters. The minimum atomic E-state index is -0.602. The topological polar surface area (TPSA) is 217 Å². The molecule has 8 amide bonds. The monoisotopic (exact) mass is 916 g/mol. The van der Waals surface area contributed by atoms with Crippen molar-refractivity contribution in [3.05, 3.63) is 84.2 Å². The van der Waals surface area contributed by atoms with Gasteiger partial charge in [0.15, 0.2) is 13.2 Å². The van der Waals surface area contributed by atoms with Crippen LogP contribution in [0.4, 0.5) is 9.59 Å². The molecule has 2 fully saturated rings. The number of amides is 8. The molecule has 0 spiro atoms. The van der Waals surface area contributed by atoms with Gasteiger partial charge in [-0.05, 0) is 76.9 Å². The molecule has 5 rings (SSSR count). The third-order valence-electron chi connectivity index (χ3n) is 10.2. The van der Waals surface area contributed by atoms with Crippen molar-refractivity contribution in [2.24, 2.45) is 0 Å². The summed E-state index contributed by atoms with van der Waals surface area (Å²) in [6.45, 7) is 12.2. The smallest absolute Gasteiger partial charge is 0.407 e. The maximum absolute atomic E-state index is 13.2. The van der Waals surface area contributed by atoms with E-state index in [9.17, 15) is 38.4 Å². The molecule has 0 radical (unpaired) electrons. The van der Waals surface area contributed by atoms with Crippen LogP contribution in [-0.2, 0) is 51.3 Å². The van der Waals surface area contributed by atoms with Crippen molar-refractivity contribution < 1.29 is 57.3 Å². The van der Waals surface area contributed by atoms with Crippen LogP contribution in [0.3, 0.4) is 0 Å². The van der Waals surface area contributed by atoms with E-state index in [0.717, 1.165) is 33.1 Å². The van der Waals surface area contributed by atoms with Crippen LogP contribution in [0.15, 0.2) is 73.1 Å². The van der Waals surface area contributed by atoms with E-state index in [2.05, 4.69) is 10.6 Å². The molecule has 356 valence electrons. The van der Waals surface area contributed by atoms with Crippen LogP contribution in [0.25, 0.3) is 0 Å². The van der Waals surface area contributed by atoms with Crippen LogP contribution in [0.1, 0.15) is 52.7 Å². The lowest BCUT2D eigenvalue weighted by Crippen LogP contribution is -2.53. The number of carbonyl (C=O) groups is 8. The lowest BCUT2D eigenvalue weighted by atomic mass is 10.2. The van der Waals surface area contributed by atoms with Crippen molar-refractivity contribution in [1.29, 1.82) is 0 Å². The second kappa shape index (κ2) is 22.7. The third kappa shape index (κ3) is 16.1. The van der Waals surface area contributed by atoms with Crippen LogP contribution < -0.4 is 20.1 Å². The molecule has 0 aromatic heterocycles. The fraction of sp³-hybridized carbons (Fsp3) is 0.478. The quantitative estimate of drug-likeness (QED) is 0.279. The van der Waals surface area contributed by atoms with Gasteiger partial charge in [0.25, 0.3) is 23.6 Å². The predicted octanol–water partition coefficient (Wildman–Crippen LogP) is 2.23. The van der Waals surface area contributed by atoms with Gasteiger partial charge in [-0.2, -0.15) is 0 Å². The highest BCUT2D eigenvalue weighted by Gasteiger charge is 2.29. The summed E-state index contributed by atoms with van der Waals surface area (Å²) in [6, 6.07) is 13.9. The first kappa shape index (κ1) is 49.9. The van der Waals surface area contributed by atoms with E-state index < -0.39 is 35.2 Å². The number of hydrogen-bond acceptors (Lipinski definition) is 12. The number of piperazine rings is 2. The standard InChI is InChI=1S/C46H60N8O12/c1-45(2,3)65-43(61)47-27-33-7-11-35(12-8-33)63-31-41(59)51-23-19-49(20-24-51)39(57)29-53-17-15-38(56)54(18-16-37(53)55)30-40(58)50-21-25-52(26-22-50)42(60)32-64-36-13-9-34(10-14-36)28-48-44(62)66-46(4,5)6/h7-18H,19-32H2,1-6H3,(H,47,61)(H,48,62). The second-order valence-corrected chi connectivity index (χ2v) is 17.7. The third-order valence-corrected chi connectivity index (χ3v) is 10.2. The van der Waals surface area contributed by atoms with Crippen molar-refractivity contribution >= 4 is 47.6 Å². The molecule has 20 heteroatoms. The molecule has 2 aromatic carbocycles. The summed E-state index contributed by atoms with van der Waals surface area (Å²) < 4.78 is 21.8. The summed E-state index contributed by atoms with van der Waals surface area (Å²) in [4.78, 5) is 111. The molecule has 2 saturated heterocycles. The zero-order valence-corrected chi connectivity index (χ0v) is 38.4. The maximum Gasteiger partial charge on any atom is 0.407 e. The van der Waals surface area contributed by atoms with Gasteiger partial charge in [0, 0.05) is 90.0 Å². The lowest BCUT2D eigenvalue weighted by Gasteiger charge is -2.36. The molecule has 0 atom stereocenters. The Morgan fingerprint density at radius 2 is 0.788 bits per heavy atom. The van der Waals surface area contributed by atoms with Gasteiger partial charge in [-0.25, -0.2) is 9.59 Å². The number of hydrogen-bond donors (Lipinski definition) is 2. The number of ether oxygens (including phenoxy) is 4. The molecule has 3 heterocycles. The maximum atomic E-state index is 13.2. The van der Waals surface area contributed by atoms with Gasteiger partial charge in [0.1, 0.15) is 35.8 Å². The molecule has 20 nitrogen and oxygen atoms in total. The Bertz CT molecular complexity index is 1980. The summed E-state index contributed by atoms with van der Waals surface area (Å²) in [7, 11) is 0. The van der Waals surface area contributed by atoms with Crippen molar-refractivity contribution in [2.75, 3.05) is 78.7 Å². The van der Waals surface area contributed by atoms with Crippen LogP contribution in [0, 0.1) is 0 Å². The van der Waals surface area contributed by atoms with Crippen LogP contribution in [-0.4, -0.2) is 167 Å². The molecular formula is C46H60N8O12. The van der Waals surface area contributed by atoms with E-state index in [0.29, 0.717) is 11.5 Å². The van der Waals surface area contributed by atoms with E-state index >= 15 is 0 Å². The van der Waals surface area contributed by atoms with Crippen LogP contribution >= 0.6 is 0 Å². The zero-order chi connectivity index (χ0) is 48.0. The summed E-state index contributed by atoms with van der Waals surface area (Å²) in [5.41, 5.74) is 0.438. The zero-order valence-electron chi connectivity index (χ0n) is 38.4. The average Bonchev–Trinajstić information content (AvgIpc) is 3.27. The van der Waals surface area contributed by atoms with Crippen LogP contribution in [0.5, 0.6) is 11.5 Å². The molecule has 0 aliphatic carbocycles. The molecule has 0 bridgehead atoms. The van der Waals surface area contributed by atoms with Gasteiger partial charge >= 0.3 is 12.2 Å². The summed E-state index contributed by atoms with van der Waals surface area (Å²) >= 11 is 0. The Balaban J connectivity index is 0.971. The Hall–Kier alpha value is -7.12. The van der Waals surface area contributed by atoms with Crippen molar-refractivity contribution in [3.8, 4) is 11.5 Å². The first-order valence-corrected chi connectivity index (χ1v) is 21.7. The average molecular weight is 917 g/mol. The number of rotatable bonds is 14. The largest absolute Gasteiger partial charge is 0.484 e.